The highest BCUT2D eigenvalue weighted by Crippen LogP contribution is 2.54. The van der Waals surface area contributed by atoms with Crippen LogP contribution in [0.25, 0.3) is 6.08 Å². The van der Waals surface area contributed by atoms with Gasteiger partial charge in [0.2, 0.25) is 0 Å². The van der Waals surface area contributed by atoms with Gasteiger partial charge in [0.1, 0.15) is 5.82 Å². The van der Waals surface area contributed by atoms with Crippen LogP contribution in [0, 0.1) is 18.2 Å². The van der Waals surface area contributed by atoms with E-state index in [1.54, 1.807) is 18.2 Å². The molecule has 1 unspecified atom stereocenters. The van der Waals surface area contributed by atoms with Crippen molar-refractivity contribution in [3.63, 3.8) is 0 Å². The lowest BCUT2D eigenvalue weighted by Gasteiger charge is -2.54. The third-order valence-corrected chi connectivity index (χ3v) is 8.87. The number of hydrazine groups is 1. The minimum atomic E-state index is -4.09. The van der Waals surface area contributed by atoms with Crippen molar-refractivity contribution in [2.24, 2.45) is 5.41 Å². The van der Waals surface area contributed by atoms with Gasteiger partial charge in [-0.3, -0.25) is 14.6 Å². The molecule has 0 N–H and O–H groups in total. The molecule has 0 saturated carbocycles. The minimum absolute atomic E-state index is 0.0835. The number of hydrogen-bond donors (Lipinski definition) is 0. The number of halogens is 1. The number of rotatable bonds is 7. The molecular formula is C27H31FN2O6S. The zero-order valence-corrected chi connectivity index (χ0v) is 22.2. The van der Waals surface area contributed by atoms with E-state index in [4.69, 9.17) is 9.47 Å². The van der Waals surface area contributed by atoms with Gasteiger partial charge < -0.3 is 9.47 Å². The summed E-state index contributed by atoms with van der Waals surface area (Å²) in [7, 11) is -1.74. The van der Waals surface area contributed by atoms with Gasteiger partial charge in [0.05, 0.1) is 25.2 Å². The van der Waals surface area contributed by atoms with E-state index in [0.29, 0.717) is 29.7 Å². The average molecular weight is 531 g/mol. The summed E-state index contributed by atoms with van der Waals surface area (Å²) in [6, 6.07) is 9.40. The number of benzene rings is 2. The van der Waals surface area contributed by atoms with E-state index in [0.717, 1.165) is 12.0 Å². The molecule has 8 nitrogen and oxygen atoms in total. The molecule has 2 aliphatic heterocycles. The Morgan fingerprint density at radius 3 is 2.32 bits per heavy atom. The fourth-order valence-electron chi connectivity index (χ4n) is 5.21. The first kappa shape index (κ1) is 26.8. The molecule has 2 heterocycles. The normalized spacial score (nSPS) is 18.9. The summed E-state index contributed by atoms with van der Waals surface area (Å²) < 4.78 is 53.8. The number of esters is 2. The van der Waals surface area contributed by atoms with Gasteiger partial charge in [-0.1, -0.05) is 37.1 Å². The number of sulfonamides is 1. The lowest BCUT2D eigenvalue weighted by Crippen LogP contribution is -2.63. The summed E-state index contributed by atoms with van der Waals surface area (Å²) in [5, 5.41) is 1.52. The van der Waals surface area contributed by atoms with E-state index in [-0.39, 0.29) is 17.9 Å². The first-order chi connectivity index (χ1) is 17.6. The van der Waals surface area contributed by atoms with Gasteiger partial charge in [0.15, 0.2) is 5.41 Å². The van der Waals surface area contributed by atoms with E-state index in [1.165, 1.54) is 54.0 Å². The van der Waals surface area contributed by atoms with Gasteiger partial charge in [-0.15, -0.1) is 4.41 Å². The van der Waals surface area contributed by atoms with Gasteiger partial charge in [0, 0.05) is 12.2 Å². The number of carbonyl (C=O) groups is 2. The number of hydrogen-bond acceptors (Lipinski definition) is 7. The molecule has 4 rings (SSSR count). The van der Waals surface area contributed by atoms with Crippen LogP contribution in [0.3, 0.4) is 0 Å². The fraction of sp³-hybridized carbons (Fsp3) is 0.407. The van der Waals surface area contributed by atoms with Gasteiger partial charge in [-0.25, -0.2) is 12.8 Å². The highest BCUT2D eigenvalue weighted by Gasteiger charge is 2.63. The molecule has 10 heteroatoms. The van der Waals surface area contributed by atoms with Gasteiger partial charge >= 0.3 is 11.9 Å². The molecule has 0 spiro atoms. The van der Waals surface area contributed by atoms with E-state index in [2.05, 4.69) is 0 Å². The first-order valence-electron chi connectivity index (χ1n) is 12.2. The first-order valence-corrected chi connectivity index (χ1v) is 13.6. The van der Waals surface area contributed by atoms with Crippen LogP contribution in [0.2, 0.25) is 0 Å². The third-order valence-electron chi connectivity index (χ3n) is 7.09. The van der Waals surface area contributed by atoms with Crippen molar-refractivity contribution in [1.82, 2.24) is 9.42 Å². The summed E-state index contributed by atoms with van der Waals surface area (Å²) in [6.07, 6.45) is 3.52. The zero-order chi connectivity index (χ0) is 27.0. The lowest BCUT2D eigenvalue weighted by atomic mass is 9.70. The second-order valence-electron chi connectivity index (χ2n) is 9.33. The van der Waals surface area contributed by atoms with Crippen molar-refractivity contribution in [2.45, 2.75) is 50.5 Å². The molecule has 37 heavy (non-hydrogen) atoms. The number of aryl methyl sites for hydroxylation is 1. The fourth-order valence-corrected chi connectivity index (χ4v) is 6.70. The molecule has 0 amide bonds. The SMILES string of the molecule is CCCCC1=Cc2cc(F)ccc2C2N1N(S(=O)(=O)c1ccc(C)cc1)CCC2(C(=O)OC)C(=O)OC. The largest absolute Gasteiger partial charge is 0.468 e. The monoisotopic (exact) mass is 530 g/mol. The molecule has 1 atom stereocenters. The number of methoxy groups -OCH3 is 2. The van der Waals surface area contributed by atoms with Gasteiger partial charge in [-0.05, 0) is 67.7 Å². The Hall–Kier alpha value is -3.24. The number of unbranched alkanes of at least 4 members (excludes halogenated alkanes) is 1. The predicted octanol–water partition coefficient (Wildman–Crippen LogP) is 4.36. The van der Waals surface area contributed by atoms with Crippen LogP contribution in [-0.4, -0.2) is 50.5 Å². The van der Waals surface area contributed by atoms with Gasteiger partial charge in [-0.2, -0.15) is 0 Å². The molecule has 2 aromatic carbocycles. The van der Waals surface area contributed by atoms with Crippen molar-refractivity contribution in [3.05, 3.63) is 70.7 Å². The molecule has 198 valence electrons. The Labute approximate surface area is 216 Å². The molecule has 2 aromatic rings. The standard InChI is InChI=1S/C27H31FN2O6S/c1-5-6-7-21-17-19-16-20(28)10-13-23(19)24-27(25(31)35-3,26(32)36-4)14-15-29(30(21)24)37(33,34)22-11-8-18(2)9-12-22/h8-13,16-17,24H,5-7,14-15H2,1-4H3. The summed E-state index contributed by atoms with van der Waals surface area (Å²) in [4.78, 5) is 26.9. The Morgan fingerprint density at radius 2 is 1.73 bits per heavy atom. The number of ether oxygens (including phenoxy) is 2. The van der Waals surface area contributed by atoms with E-state index in [1.807, 2.05) is 13.8 Å². The molecular weight excluding hydrogens is 499 g/mol. The second kappa shape index (κ2) is 10.3. The molecule has 2 aliphatic rings. The highest BCUT2D eigenvalue weighted by molar-refractivity contribution is 7.89. The van der Waals surface area contributed by atoms with E-state index >= 15 is 0 Å². The van der Waals surface area contributed by atoms with E-state index in [9.17, 15) is 22.4 Å². The number of nitrogens with zero attached hydrogens (tertiary/aromatic N) is 2. The van der Waals surface area contributed by atoms with Crippen molar-refractivity contribution in [3.8, 4) is 0 Å². The smallest absolute Gasteiger partial charge is 0.325 e. The van der Waals surface area contributed by atoms with Crippen molar-refractivity contribution in [2.75, 3.05) is 20.8 Å². The highest BCUT2D eigenvalue weighted by atomic mass is 32.2. The summed E-state index contributed by atoms with van der Waals surface area (Å²) in [5.41, 5.74) is 0.488. The summed E-state index contributed by atoms with van der Waals surface area (Å²) in [5.74, 6) is -2.16. The quantitative estimate of drug-likeness (QED) is 0.388. The van der Waals surface area contributed by atoms with E-state index < -0.39 is 39.2 Å². The van der Waals surface area contributed by atoms with Crippen LogP contribution in [0.4, 0.5) is 4.39 Å². The maximum absolute atomic E-state index is 14.3. The molecule has 1 fully saturated rings. The zero-order valence-electron chi connectivity index (χ0n) is 21.4. The second-order valence-corrected chi connectivity index (χ2v) is 11.2. The minimum Gasteiger partial charge on any atom is -0.468 e. The predicted molar refractivity (Wildman–Crippen MR) is 135 cm³/mol. The van der Waals surface area contributed by atoms with Crippen LogP contribution >= 0.6 is 0 Å². The average Bonchev–Trinajstić information content (AvgIpc) is 2.89. The van der Waals surface area contributed by atoms with Crippen molar-refractivity contribution < 1.29 is 31.9 Å². The summed E-state index contributed by atoms with van der Waals surface area (Å²) in [6.45, 7) is 3.69. The maximum Gasteiger partial charge on any atom is 0.325 e. The summed E-state index contributed by atoms with van der Waals surface area (Å²) >= 11 is 0. The third kappa shape index (κ3) is 4.42. The Kier molecular flexibility index (Phi) is 7.43. The number of fused-ring (bicyclic) bond motifs is 3. The Balaban J connectivity index is 2.00. The number of carbonyl (C=O) groups excluding carboxylic acids is 2. The molecule has 0 aliphatic carbocycles. The molecule has 0 radical (unpaired) electrons. The molecule has 1 saturated heterocycles. The number of allylic oxidation sites excluding steroid dienone is 1. The van der Waals surface area contributed by atoms with Crippen molar-refractivity contribution >= 4 is 28.0 Å². The molecule has 0 aromatic heterocycles. The maximum atomic E-state index is 14.3. The Bertz CT molecular complexity index is 1320. The van der Waals surface area contributed by atoms with Crippen LogP contribution < -0.4 is 0 Å². The van der Waals surface area contributed by atoms with Gasteiger partial charge in [0.25, 0.3) is 10.0 Å². The van der Waals surface area contributed by atoms with Crippen molar-refractivity contribution in [1.29, 1.82) is 0 Å². The lowest BCUT2D eigenvalue weighted by molar-refractivity contribution is -0.187. The van der Waals surface area contributed by atoms with Crippen LogP contribution in [0.15, 0.2) is 53.1 Å². The topological polar surface area (TPSA) is 93.2 Å². The van der Waals surface area contributed by atoms with Crippen LogP contribution in [-0.2, 0) is 29.1 Å². The molecule has 0 bridgehead atoms. The Morgan fingerprint density at radius 1 is 1.08 bits per heavy atom. The van der Waals surface area contributed by atoms with Crippen LogP contribution in [0.1, 0.15) is 55.3 Å². The van der Waals surface area contributed by atoms with Crippen LogP contribution in [0.5, 0.6) is 0 Å².